The second-order valence-corrected chi connectivity index (χ2v) is 6.08. The Bertz CT molecular complexity index is 526. The number of carboxylic acids is 1. The molecule has 0 spiro atoms. The molecule has 0 radical (unpaired) electrons. The van der Waals surface area contributed by atoms with Crippen molar-refractivity contribution in [2.24, 2.45) is 0 Å². The topological polar surface area (TPSA) is 109 Å². The van der Waals surface area contributed by atoms with Gasteiger partial charge in [-0.25, -0.2) is 13.2 Å². The summed E-state index contributed by atoms with van der Waals surface area (Å²) >= 11 is 0. The zero-order valence-electron chi connectivity index (χ0n) is 8.83. The van der Waals surface area contributed by atoms with E-state index in [1.54, 1.807) is 0 Å². The predicted molar refractivity (Wildman–Crippen MR) is 59.7 cm³/mol. The number of hydrogen-bond donors (Lipinski definition) is 2. The molecule has 0 aromatic carbocycles. The molecule has 1 fully saturated rings. The van der Waals surface area contributed by atoms with Gasteiger partial charge in [0.2, 0.25) is 0 Å². The van der Waals surface area contributed by atoms with E-state index in [0.717, 1.165) is 0 Å². The van der Waals surface area contributed by atoms with Crippen LogP contribution in [0.1, 0.15) is 16.9 Å². The van der Waals surface area contributed by atoms with Gasteiger partial charge in [0.25, 0.3) is 0 Å². The van der Waals surface area contributed by atoms with Gasteiger partial charge in [-0.05, 0) is 18.6 Å². The average Bonchev–Trinajstić information content (AvgIpc) is 2.59. The van der Waals surface area contributed by atoms with Crippen molar-refractivity contribution >= 4 is 21.6 Å². The van der Waals surface area contributed by atoms with Crippen molar-refractivity contribution in [2.45, 2.75) is 12.5 Å². The van der Waals surface area contributed by atoms with Gasteiger partial charge in [0, 0.05) is 6.04 Å². The van der Waals surface area contributed by atoms with Crippen molar-refractivity contribution in [3.8, 4) is 0 Å². The second-order valence-electron chi connectivity index (χ2n) is 3.85. The molecule has 1 unspecified atom stereocenters. The van der Waals surface area contributed by atoms with E-state index >= 15 is 0 Å². The molecule has 0 amide bonds. The van der Waals surface area contributed by atoms with Crippen molar-refractivity contribution in [1.29, 1.82) is 0 Å². The maximum absolute atomic E-state index is 11.2. The maximum atomic E-state index is 11.2. The van der Waals surface area contributed by atoms with Crippen molar-refractivity contribution in [2.75, 3.05) is 16.8 Å². The van der Waals surface area contributed by atoms with Gasteiger partial charge in [-0.15, -0.1) is 10.2 Å². The highest BCUT2D eigenvalue weighted by Gasteiger charge is 2.27. The Morgan fingerprint density at radius 1 is 1.41 bits per heavy atom. The molecule has 92 valence electrons. The highest BCUT2D eigenvalue weighted by molar-refractivity contribution is 7.91. The van der Waals surface area contributed by atoms with E-state index in [1.807, 2.05) is 0 Å². The smallest absolute Gasteiger partial charge is 0.356 e. The van der Waals surface area contributed by atoms with Crippen molar-refractivity contribution < 1.29 is 18.3 Å². The molecule has 7 nitrogen and oxygen atoms in total. The Morgan fingerprint density at radius 3 is 2.65 bits per heavy atom. The van der Waals surface area contributed by atoms with E-state index in [4.69, 9.17) is 5.11 Å². The molecule has 1 aliphatic heterocycles. The van der Waals surface area contributed by atoms with Gasteiger partial charge in [0.15, 0.2) is 15.5 Å². The zero-order valence-corrected chi connectivity index (χ0v) is 9.64. The van der Waals surface area contributed by atoms with Crippen LogP contribution in [0, 0.1) is 0 Å². The van der Waals surface area contributed by atoms with E-state index in [9.17, 15) is 13.2 Å². The summed E-state index contributed by atoms with van der Waals surface area (Å²) in [4.78, 5) is 10.5. The van der Waals surface area contributed by atoms with Crippen LogP contribution in [0.4, 0.5) is 5.82 Å². The van der Waals surface area contributed by atoms with Crippen LogP contribution in [0.15, 0.2) is 12.1 Å². The molecular formula is C9H11N3O4S. The van der Waals surface area contributed by atoms with E-state index < -0.39 is 15.8 Å². The van der Waals surface area contributed by atoms with Crippen molar-refractivity contribution in [3.05, 3.63) is 17.8 Å². The fraction of sp³-hybridized carbons (Fsp3) is 0.444. The number of carbonyl (C=O) groups is 1. The third-order valence-corrected chi connectivity index (χ3v) is 4.24. The van der Waals surface area contributed by atoms with Crippen LogP contribution in [0.3, 0.4) is 0 Å². The summed E-state index contributed by atoms with van der Waals surface area (Å²) in [6.45, 7) is 0. The number of nitrogens with one attached hydrogen (secondary N) is 1. The normalized spacial score (nSPS) is 22.2. The number of hydrogen-bond acceptors (Lipinski definition) is 6. The molecule has 17 heavy (non-hydrogen) atoms. The SMILES string of the molecule is O=C(O)c1ccc(NC2CCS(=O)(=O)C2)nn1. The number of rotatable bonds is 3. The third kappa shape index (κ3) is 2.90. The standard InChI is InChI=1S/C9H11N3O4S/c13-9(14)7-1-2-8(12-11-7)10-6-3-4-17(15,16)5-6/h1-2,6H,3-5H2,(H,10,12)(H,13,14). The molecule has 2 heterocycles. The number of sulfone groups is 1. The number of carboxylic acid groups (broad SMARTS) is 1. The number of aromatic carboxylic acids is 1. The molecule has 1 aromatic rings. The van der Waals surface area contributed by atoms with Crippen LogP contribution in [0.25, 0.3) is 0 Å². The van der Waals surface area contributed by atoms with Gasteiger partial charge in [-0.2, -0.15) is 0 Å². The minimum Gasteiger partial charge on any atom is -0.476 e. The Kier molecular flexibility index (Phi) is 2.97. The molecule has 2 rings (SSSR count). The molecule has 2 N–H and O–H groups in total. The summed E-state index contributed by atoms with van der Waals surface area (Å²) in [5.41, 5.74) is -0.144. The van der Waals surface area contributed by atoms with Crippen LogP contribution in [0.2, 0.25) is 0 Å². The molecule has 8 heteroatoms. The van der Waals surface area contributed by atoms with Crippen molar-refractivity contribution in [3.63, 3.8) is 0 Å². The van der Waals surface area contributed by atoms with Gasteiger partial charge in [-0.3, -0.25) is 0 Å². The first-order valence-corrected chi connectivity index (χ1v) is 6.82. The lowest BCUT2D eigenvalue weighted by molar-refractivity contribution is 0.0689. The number of anilines is 1. The zero-order chi connectivity index (χ0) is 12.5. The molecule has 0 saturated carbocycles. The van der Waals surface area contributed by atoms with Gasteiger partial charge >= 0.3 is 5.97 Å². The summed E-state index contributed by atoms with van der Waals surface area (Å²) < 4.78 is 22.4. The van der Waals surface area contributed by atoms with E-state index in [1.165, 1.54) is 12.1 Å². The number of nitrogens with zero attached hydrogens (tertiary/aromatic N) is 2. The number of aromatic nitrogens is 2. The van der Waals surface area contributed by atoms with E-state index in [-0.39, 0.29) is 23.2 Å². The highest BCUT2D eigenvalue weighted by atomic mass is 32.2. The minimum atomic E-state index is -2.94. The lowest BCUT2D eigenvalue weighted by atomic mass is 10.2. The summed E-state index contributed by atoms with van der Waals surface area (Å²) in [6, 6.07) is 2.62. The molecular weight excluding hydrogens is 246 g/mol. The molecule has 1 saturated heterocycles. The predicted octanol–water partition coefficient (Wildman–Crippen LogP) is -0.226. The van der Waals surface area contributed by atoms with Gasteiger partial charge in [0.1, 0.15) is 5.82 Å². The fourth-order valence-corrected chi connectivity index (χ4v) is 3.31. The van der Waals surface area contributed by atoms with Gasteiger partial charge < -0.3 is 10.4 Å². The summed E-state index contributed by atoms with van der Waals surface area (Å²) in [5, 5.41) is 18.7. The lowest BCUT2D eigenvalue weighted by Gasteiger charge is -2.10. The molecule has 0 bridgehead atoms. The largest absolute Gasteiger partial charge is 0.476 e. The molecule has 0 aliphatic carbocycles. The Hall–Kier alpha value is -1.70. The summed E-state index contributed by atoms with van der Waals surface area (Å²) in [6.07, 6.45) is 0.532. The second kappa shape index (κ2) is 4.28. The summed E-state index contributed by atoms with van der Waals surface area (Å²) in [5.74, 6) is -0.509. The van der Waals surface area contributed by atoms with Crippen LogP contribution in [-0.4, -0.2) is 47.2 Å². The fourth-order valence-electron chi connectivity index (χ4n) is 1.64. The average molecular weight is 257 g/mol. The molecule has 1 aromatic heterocycles. The van der Waals surface area contributed by atoms with Crippen LogP contribution < -0.4 is 5.32 Å². The summed E-state index contributed by atoms with van der Waals surface area (Å²) in [7, 11) is -2.94. The van der Waals surface area contributed by atoms with Crippen molar-refractivity contribution in [1.82, 2.24) is 10.2 Å². The van der Waals surface area contributed by atoms with Crippen LogP contribution in [-0.2, 0) is 9.84 Å². The molecule has 1 aliphatic rings. The van der Waals surface area contributed by atoms with Crippen LogP contribution >= 0.6 is 0 Å². The molecule has 1 atom stereocenters. The maximum Gasteiger partial charge on any atom is 0.356 e. The van der Waals surface area contributed by atoms with E-state index in [2.05, 4.69) is 15.5 Å². The highest BCUT2D eigenvalue weighted by Crippen LogP contribution is 2.15. The quantitative estimate of drug-likeness (QED) is 0.769. The third-order valence-electron chi connectivity index (χ3n) is 2.47. The Balaban J connectivity index is 2.03. The first-order chi connectivity index (χ1) is 7.96. The lowest BCUT2D eigenvalue weighted by Crippen LogP contribution is -2.21. The Morgan fingerprint density at radius 2 is 2.18 bits per heavy atom. The van der Waals surface area contributed by atoms with E-state index in [0.29, 0.717) is 12.2 Å². The van der Waals surface area contributed by atoms with Crippen LogP contribution in [0.5, 0.6) is 0 Å². The minimum absolute atomic E-state index is 0.0787. The van der Waals surface area contributed by atoms with Gasteiger partial charge in [0.05, 0.1) is 11.5 Å². The first-order valence-electron chi connectivity index (χ1n) is 5.00. The Labute approximate surface area is 97.8 Å². The first kappa shape index (κ1) is 11.8. The van der Waals surface area contributed by atoms with Gasteiger partial charge in [-0.1, -0.05) is 0 Å². The monoisotopic (exact) mass is 257 g/mol.